The van der Waals surface area contributed by atoms with Crippen molar-refractivity contribution in [3.8, 4) is 0 Å². The van der Waals surface area contributed by atoms with Crippen molar-refractivity contribution in [1.82, 2.24) is 9.88 Å². The van der Waals surface area contributed by atoms with Crippen LogP contribution in [0.15, 0.2) is 23.1 Å². The van der Waals surface area contributed by atoms with Gasteiger partial charge in [-0.1, -0.05) is 6.92 Å². The van der Waals surface area contributed by atoms with E-state index in [4.69, 9.17) is 4.74 Å². The molecule has 28 heavy (non-hydrogen) atoms. The number of hydrogen-bond donors (Lipinski definition) is 1. The summed E-state index contributed by atoms with van der Waals surface area (Å²) in [5.74, 6) is -1.13. The minimum Gasteiger partial charge on any atom is -0.456 e. The molecule has 2 aromatic rings. The molecule has 7 heteroatoms. The van der Waals surface area contributed by atoms with Gasteiger partial charge in [-0.05, 0) is 39.3 Å². The minimum absolute atomic E-state index is 0.0646. The molecule has 1 saturated heterocycles. The van der Waals surface area contributed by atoms with Crippen molar-refractivity contribution in [2.75, 3.05) is 31.1 Å². The Morgan fingerprint density at radius 2 is 1.93 bits per heavy atom. The van der Waals surface area contributed by atoms with Crippen LogP contribution in [0.3, 0.4) is 0 Å². The van der Waals surface area contributed by atoms with E-state index in [0.717, 1.165) is 19.5 Å². The maximum Gasteiger partial charge on any atom is 0.344 e. The number of nitrogens with zero attached hydrogens (tertiary/aromatic N) is 2. The number of piperazine rings is 1. The fourth-order valence-corrected chi connectivity index (χ4v) is 3.45. The minimum atomic E-state index is -0.717. The van der Waals surface area contributed by atoms with Crippen LogP contribution in [0, 0.1) is 5.82 Å². The third-order valence-electron chi connectivity index (χ3n) is 4.69. The first-order chi connectivity index (χ1) is 13.2. The third-order valence-corrected chi connectivity index (χ3v) is 4.69. The van der Waals surface area contributed by atoms with Crippen LogP contribution >= 0.6 is 0 Å². The number of halogens is 1. The molecule has 3 rings (SSSR count). The first kappa shape index (κ1) is 20.3. The van der Waals surface area contributed by atoms with Gasteiger partial charge in [0, 0.05) is 44.3 Å². The normalized spacial score (nSPS) is 15.1. The second-order valence-corrected chi connectivity index (χ2v) is 8.13. The van der Waals surface area contributed by atoms with Gasteiger partial charge in [-0.15, -0.1) is 0 Å². The molecule has 0 aliphatic carbocycles. The number of pyridine rings is 1. The predicted octanol–water partition coefficient (Wildman–Crippen LogP) is 2.92. The number of hydrogen-bond acceptors (Lipinski definition) is 5. The predicted molar refractivity (Wildman–Crippen MR) is 109 cm³/mol. The number of fused-ring (bicyclic) bond motifs is 1. The van der Waals surface area contributed by atoms with Gasteiger partial charge in [-0.25, -0.2) is 9.18 Å². The summed E-state index contributed by atoms with van der Waals surface area (Å²) in [6, 6.07) is 2.99. The van der Waals surface area contributed by atoms with Crippen molar-refractivity contribution >= 4 is 22.6 Å². The number of nitrogens with one attached hydrogen (secondary N) is 1. The lowest BCUT2D eigenvalue weighted by molar-refractivity contribution is 0.00674. The Kier molecular flexibility index (Phi) is 5.74. The Balaban J connectivity index is 2.16. The molecular formula is C21H28FN3O3. The molecule has 2 heterocycles. The summed E-state index contributed by atoms with van der Waals surface area (Å²) in [6.07, 6.45) is 2.35. The van der Waals surface area contributed by atoms with Crippen molar-refractivity contribution in [3.05, 3.63) is 39.9 Å². The maximum atomic E-state index is 14.9. The largest absolute Gasteiger partial charge is 0.456 e. The zero-order valence-corrected chi connectivity index (χ0v) is 17.0. The van der Waals surface area contributed by atoms with E-state index in [2.05, 4.69) is 5.32 Å². The summed E-state index contributed by atoms with van der Waals surface area (Å²) >= 11 is 0. The van der Waals surface area contributed by atoms with Crippen molar-refractivity contribution in [2.45, 2.75) is 46.3 Å². The van der Waals surface area contributed by atoms with Crippen LogP contribution in [0.1, 0.15) is 44.5 Å². The van der Waals surface area contributed by atoms with E-state index in [1.165, 1.54) is 6.07 Å². The Labute approximate surface area is 164 Å². The lowest BCUT2D eigenvalue weighted by atomic mass is 10.1. The SMILES string of the molecule is CCCn1cc(C(=O)OC(C)(C)C)c(=O)c2cc(F)c(N3CCNCC3)cc21. The monoisotopic (exact) mass is 389 g/mol. The number of aryl methyl sites for hydroxylation is 1. The second kappa shape index (κ2) is 7.91. The van der Waals surface area contributed by atoms with Crippen molar-refractivity contribution in [2.24, 2.45) is 0 Å². The number of aromatic nitrogens is 1. The smallest absolute Gasteiger partial charge is 0.344 e. The molecule has 0 atom stereocenters. The van der Waals surface area contributed by atoms with Crippen molar-refractivity contribution in [1.29, 1.82) is 0 Å². The molecule has 152 valence electrons. The molecule has 0 amide bonds. The van der Waals surface area contributed by atoms with Crippen molar-refractivity contribution < 1.29 is 13.9 Å². The molecular weight excluding hydrogens is 361 g/mol. The van der Waals surface area contributed by atoms with E-state index < -0.39 is 22.8 Å². The maximum absolute atomic E-state index is 14.9. The Bertz CT molecular complexity index is 941. The van der Waals surface area contributed by atoms with E-state index in [-0.39, 0.29) is 10.9 Å². The highest BCUT2D eigenvalue weighted by molar-refractivity contribution is 5.94. The van der Waals surface area contributed by atoms with Crippen LogP contribution in [-0.4, -0.2) is 42.3 Å². The number of rotatable bonds is 4. The van der Waals surface area contributed by atoms with Crippen LogP contribution in [0.2, 0.25) is 0 Å². The second-order valence-electron chi connectivity index (χ2n) is 8.13. The van der Waals surface area contributed by atoms with E-state index >= 15 is 0 Å². The van der Waals surface area contributed by atoms with Crippen LogP contribution in [-0.2, 0) is 11.3 Å². The van der Waals surface area contributed by atoms with Gasteiger partial charge in [0.05, 0.1) is 11.2 Å². The highest BCUT2D eigenvalue weighted by Crippen LogP contribution is 2.26. The highest BCUT2D eigenvalue weighted by atomic mass is 19.1. The molecule has 1 aliphatic rings. The zero-order chi connectivity index (χ0) is 20.5. The molecule has 1 fully saturated rings. The Morgan fingerprint density at radius 3 is 2.54 bits per heavy atom. The molecule has 1 aliphatic heterocycles. The van der Waals surface area contributed by atoms with Crippen LogP contribution in [0.4, 0.5) is 10.1 Å². The summed E-state index contributed by atoms with van der Waals surface area (Å²) in [5.41, 5.74) is -0.157. The van der Waals surface area contributed by atoms with Gasteiger partial charge in [-0.3, -0.25) is 4.79 Å². The number of ether oxygens (including phenoxy) is 1. The van der Waals surface area contributed by atoms with Crippen LogP contribution < -0.4 is 15.6 Å². The molecule has 1 aromatic carbocycles. The van der Waals surface area contributed by atoms with E-state index in [1.54, 1.807) is 33.0 Å². The number of esters is 1. The molecule has 0 spiro atoms. The number of benzene rings is 1. The molecule has 0 radical (unpaired) electrons. The number of carbonyl (C=O) groups is 1. The molecule has 1 N–H and O–H groups in total. The molecule has 0 saturated carbocycles. The number of carbonyl (C=O) groups excluding carboxylic acids is 1. The van der Waals surface area contributed by atoms with Crippen LogP contribution in [0.5, 0.6) is 0 Å². The van der Waals surface area contributed by atoms with Gasteiger partial charge in [-0.2, -0.15) is 0 Å². The van der Waals surface area contributed by atoms with Gasteiger partial charge in [0.15, 0.2) is 0 Å². The fraction of sp³-hybridized carbons (Fsp3) is 0.524. The van der Waals surface area contributed by atoms with Gasteiger partial charge in [0.1, 0.15) is 17.0 Å². The standard InChI is InChI=1S/C21H28FN3O3/c1-5-8-25-13-15(20(27)28-21(2,3)4)19(26)14-11-16(22)18(12-17(14)25)24-9-6-23-7-10-24/h11-13,23H,5-10H2,1-4H3. The highest BCUT2D eigenvalue weighted by Gasteiger charge is 2.24. The lowest BCUT2D eigenvalue weighted by Gasteiger charge is -2.30. The number of anilines is 1. The summed E-state index contributed by atoms with van der Waals surface area (Å²) in [7, 11) is 0. The summed E-state index contributed by atoms with van der Waals surface area (Å²) in [5, 5.41) is 3.45. The zero-order valence-electron chi connectivity index (χ0n) is 17.0. The molecule has 1 aromatic heterocycles. The molecule has 0 bridgehead atoms. The van der Waals surface area contributed by atoms with E-state index in [1.807, 2.05) is 16.4 Å². The first-order valence-corrected chi connectivity index (χ1v) is 9.77. The molecule has 0 unspecified atom stereocenters. The topological polar surface area (TPSA) is 63.6 Å². The van der Waals surface area contributed by atoms with Crippen LogP contribution in [0.25, 0.3) is 10.9 Å². The average Bonchev–Trinajstić information content (AvgIpc) is 2.63. The lowest BCUT2D eigenvalue weighted by Crippen LogP contribution is -2.43. The summed E-state index contributed by atoms with van der Waals surface area (Å²) in [6.45, 7) is 10.8. The summed E-state index contributed by atoms with van der Waals surface area (Å²) < 4.78 is 22.1. The van der Waals surface area contributed by atoms with Gasteiger partial charge >= 0.3 is 5.97 Å². The van der Waals surface area contributed by atoms with Crippen molar-refractivity contribution in [3.63, 3.8) is 0 Å². The average molecular weight is 389 g/mol. The van der Waals surface area contributed by atoms with Gasteiger partial charge in [0.2, 0.25) is 5.43 Å². The van der Waals surface area contributed by atoms with E-state index in [0.29, 0.717) is 30.8 Å². The summed E-state index contributed by atoms with van der Waals surface area (Å²) in [4.78, 5) is 27.5. The third kappa shape index (κ3) is 4.19. The fourth-order valence-electron chi connectivity index (χ4n) is 3.45. The van der Waals surface area contributed by atoms with Gasteiger partial charge in [0.25, 0.3) is 0 Å². The molecule has 6 nitrogen and oxygen atoms in total. The Morgan fingerprint density at radius 1 is 1.25 bits per heavy atom. The van der Waals surface area contributed by atoms with E-state index in [9.17, 15) is 14.0 Å². The first-order valence-electron chi connectivity index (χ1n) is 9.77. The Hall–Kier alpha value is -2.41. The quantitative estimate of drug-likeness (QED) is 0.815. The van der Waals surface area contributed by atoms with Gasteiger partial charge < -0.3 is 19.5 Å².